The lowest BCUT2D eigenvalue weighted by atomic mass is 10.1. The van der Waals surface area contributed by atoms with E-state index in [1.807, 2.05) is 24.3 Å². The van der Waals surface area contributed by atoms with Gasteiger partial charge in [0, 0.05) is 57.1 Å². The van der Waals surface area contributed by atoms with Crippen LogP contribution in [0.25, 0.3) is 6.08 Å². The van der Waals surface area contributed by atoms with Gasteiger partial charge in [-0.15, -0.1) is 0 Å². The van der Waals surface area contributed by atoms with Crippen LogP contribution in [0.2, 0.25) is 15.1 Å². The quantitative estimate of drug-likeness (QED) is 0.225. The van der Waals surface area contributed by atoms with Crippen molar-refractivity contribution in [1.29, 1.82) is 0 Å². The number of anilines is 1. The van der Waals surface area contributed by atoms with Gasteiger partial charge in [-0.3, -0.25) is 14.5 Å². The molecule has 0 saturated carbocycles. The molecule has 0 aliphatic carbocycles. The van der Waals surface area contributed by atoms with Crippen molar-refractivity contribution < 1.29 is 23.8 Å². The summed E-state index contributed by atoms with van der Waals surface area (Å²) in [7, 11) is 0. The van der Waals surface area contributed by atoms with Crippen molar-refractivity contribution in [3.8, 4) is 17.2 Å². The third-order valence-electron chi connectivity index (χ3n) is 6.55. The highest BCUT2D eigenvalue weighted by atomic mass is 35.5. The summed E-state index contributed by atoms with van der Waals surface area (Å²) in [6, 6.07) is 14.3. The Morgan fingerprint density at radius 2 is 1.68 bits per heavy atom. The molecular formula is C29H25Cl3N2O5S. The van der Waals surface area contributed by atoms with Crippen molar-refractivity contribution >= 4 is 69.5 Å². The van der Waals surface area contributed by atoms with Gasteiger partial charge in [-0.2, -0.15) is 0 Å². The number of hydrogen-bond acceptors (Lipinski definition) is 7. The number of ether oxygens (including phenoxy) is 3. The molecule has 2 aliphatic heterocycles. The number of amides is 2. The molecule has 11 heteroatoms. The minimum atomic E-state index is -0.414. The average Bonchev–Trinajstić information content (AvgIpc) is 3.49. The number of imide groups is 1. The van der Waals surface area contributed by atoms with Gasteiger partial charge in [0.2, 0.25) is 6.79 Å². The molecule has 1 saturated heterocycles. The van der Waals surface area contributed by atoms with E-state index in [-0.39, 0.29) is 30.1 Å². The van der Waals surface area contributed by atoms with Crippen molar-refractivity contribution in [3.05, 3.63) is 85.2 Å². The van der Waals surface area contributed by atoms with E-state index in [0.29, 0.717) is 43.4 Å². The van der Waals surface area contributed by atoms with Crippen molar-refractivity contribution in [2.24, 2.45) is 0 Å². The van der Waals surface area contributed by atoms with Crippen LogP contribution in [0.4, 0.5) is 10.5 Å². The largest absolute Gasteiger partial charge is 0.488 e. The zero-order chi connectivity index (χ0) is 28.4. The fourth-order valence-electron chi connectivity index (χ4n) is 4.38. The second-order valence-electron chi connectivity index (χ2n) is 8.98. The summed E-state index contributed by atoms with van der Waals surface area (Å²) in [4.78, 5) is 29.9. The van der Waals surface area contributed by atoms with E-state index in [2.05, 4.69) is 18.7 Å². The summed E-state index contributed by atoms with van der Waals surface area (Å²) in [5, 5.41) is 1.03. The van der Waals surface area contributed by atoms with Gasteiger partial charge in [-0.05, 0) is 67.6 Å². The highest BCUT2D eigenvalue weighted by molar-refractivity contribution is 8.18. The normalized spacial score (nSPS) is 15.3. The van der Waals surface area contributed by atoms with Crippen molar-refractivity contribution in [2.45, 2.75) is 27.0 Å². The molecule has 5 rings (SSSR count). The predicted octanol–water partition coefficient (Wildman–Crippen LogP) is 8.04. The minimum Gasteiger partial charge on any atom is -0.488 e. The molecule has 0 atom stereocenters. The fourth-order valence-corrected chi connectivity index (χ4v) is 5.88. The van der Waals surface area contributed by atoms with Crippen LogP contribution in [0.5, 0.6) is 17.2 Å². The Hall–Kier alpha value is -3.04. The number of hydrogen-bond donors (Lipinski definition) is 0. The van der Waals surface area contributed by atoms with E-state index >= 15 is 0 Å². The van der Waals surface area contributed by atoms with Gasteiger partial charge >= 0.3 is 0 Å². The van der Waals surface area contributed by atoms with Gasteiger partial charge < -0.3 is 19.1 Å². The Bertz CT molecular complexity index is 1510. The van der Waals surface area contributed by atoms with E-state index in [1.54, 1.807) is 30.3 Å². The highest BCUT2D eigenvalue weighted by Gasteiger charge is 2.36. The molecule has 3 aromatic rings. The van der Waals surface area contributed by atoms with E-state index in [0.717, 1.165) is 41.0 Å². The third-order valence-corrected chi connectivity index (χ3v) is 8.40. The molecule has 3 aromatic carbocycles. The van der Waals surface area contributed by atoms with Gasteiger partial charge in [0.1, 0.15) is 12.4 Å². The van der Waals surface area contributed by atoms with Crippen molar-refractivity contribution in [3.63, 3.8) is 0 Å². The van der Waals surface area contributed by atoms with Gasteiger partial charge in [-0.25, -0.2) is 0 Å². The first-order valence-corrected chi connectivity index (χ1v) is 14.5. The molecular weight excluding hydrogens is 595 g/mol. The lowest BCUT2D eigenvalue weighted by molar-refractivity contribution is -0.123. The summed E-state index contributed by atoms with van der Waals surface area (Å²) < 4.78 is 17.0. The number of fused-ring (bicyclic) bond motifs is 1. The number of benzene rings is 3. The van der Waals surface area contributed by atoms with Gasteiger partial charge in [0.05, 0.1) is 11.4 Å². The molecule has 0 unspecified atom stereocenters. The van der Waals surface area contributed by atoms with Crippen LogP contribution in [0.1, 0.15) is 30.5 Å². The van der Waals surface area contributed by atoms with Gasteiger partial charge in [0.25, 0.3) is 11.1 Å². The first kappa shape index (κ1) is 28.5. The van der Waals surface area contributed by atoms with Crippen LogP contribution in [-0.2, 0) is 17.9 Å². The molecule has 40 heavy (non-hydrogen) atoms. The molecule has 0 aromatic heterocycles. The number of thioether (sulfide) groups is 1. The fraction of sp³-hybridized carbons (Fsp3) is 0.241. The molecule has 2 heterocycles. The molecule has 0 N–H and O–H groups in total. The molecule has 2 aliphatic rings. The summed E-state index contributed by atoms with van der Waals surface area (Å²) in [6.45, 7) is 6.10. The summed E-state index contributed by atoms with van der Waals surface area (Å²) >= 11 is 19.7. The Balaban J connectivity index is 1.42. The summed E-state index contributed by atoms with van der Waals surface area (Å²) in [5.41, 5.74) is 2.99. The molecule has 0 radical (unpaired) electrons. The monoisotopic (exact) mass is 618 g/mol. The van der Waals surface area contributed by atoms with E-state index in [4.69, 9.17) is 49.0 Å². The molecule has 2 amide bonds. The number of carbonyl (C=O) groups is 2. The predicted molar refractivity (Wildman–Crippen MR) is 160 cm³/mol. The van der Waals surface area contributed by atoms with Crippen molar-refractivity contribution in [1.82, 2.24) is 4.90 Å². The number of carbonyl (C=O) groups excluding carboxylic acids is 2. The first-order valence-electron chi connectivity index (χ1n) is 12.6. The zero-order valence-electron chi connectivity index (χ0n) is 21.7. The van der Waals surface area contributed by atoms with E-state index < -0.39 is 5.91 Å². The Kier molecular flexibility index (Phi) is 8.71. The van der Waals surface area contributed by atoms with Gasteiger partial charge in [-0.1, -0.05) is 40.9 Å². The van der Waals surface area contributed by atoms with E-state index in [9.17, 15) is 9.59 Å². The third kappa shape index (κ3) is 6.00. The van der Waals surface area contributed by atoms with Crippen LogP contribution < -0.4 is 19.1 Å². The first-order chi connectivity index (χ1) is 19.3. The van der Waals surface area contributed by atoms with Crippen LogP contribution in [0, 0.1) is 0 Å². The van der Waals surface area contributed by atoms with Crippen molar-refractivity contribution in [2.75, 3.05) is 24.8 Å². The molecule has 1 fully saturated rings. The number of rotatable bonds is 9. The second kappa shape index (κ2) is 12.2. The Labute approximate surface area is 251 Å². The Morgan fingerprint density at radius 3 is 2.40 bits per heavy atom. The minimum absolute atomic E-state index is 0.0107. The summed E-state index contributed by atoms with van der Waals surface area (Å²) in [5.74, 6) is 1.20. The standard InChI is InChI=1S/C29H25Cl3N2O5S/c1-3-33(4-2)21-8-6-17(24(12-21)37-15-18-5-7-20(30)11-22(18)31)10-27-28(35)34(29(36)40-27)14-19-9-25-26(13-23(19)32)39-16-38-25/h5-13H,3-4,14-16H2,1-2H3/b27-10+. The van der Waals surface area contributed by atoms with E-state index in [1.165, 1.54) is 0 Å². The smallest absolute Gasteiger partial charge is 0.293 e. The molecule has 0 spiro atoms. The van der Waals surface area contributed by atoms with Gasteiger partial charge in [0.15, 0.2) is 11.5 Å². The van der Waals surface area contributed by atoms with Crippen LogP contribution >= 0.6 is 46.6 Å². The average molecular weight is 620 g/mol. The second-order valence-corrected chi connectivity index (χ2v) is 11.2. The zero-order valence-corrected chi connectivity index (χ0v) is 24.8. The maximum Gasteiger partial charge on any atom is 0.293 e. The Morgan fingerprint density at radius 1 is 0.950 bits per heavy atom. The lowest BCUT2D eigenvalue weighted by Crippen LogP contribution is -2.27. The number of nitrogens with zero attached hydrogens (tertiary/aromatic N) is 2. The van der Waals surface area contributed by atoms with Crippen LogP contribution in [0.3, 0.4) is 0 Å². The molecule has 7 nitrogen and oxygen atoms in total. The molecule has 208 valence electrons. The topological polar surface area (TPSA) is 68.3 Å². The maximum absolute atomic E-state index is 13.3. The SMILES string of the molecule is CCN(CC)c1ccc(/C=C2/SC(=O)N(Cc3cc4c(cc3Cl)OCO4)C2=O)c(OCc2ccc(Cl)cc2Cl)c1. The maximum atomic E-state index is 13.3. The van der Waals surface area contributed by atoms with Crippen LogP contribution in [-0.4, -0.2) is 35.9 Å². The molecule has 0 bridgehead atoms. The summed E-state index contributed by atoms with van der Waals surface area (Å²) in [6.07, 6.45) is 1.68. The number of halogens is 3. The van der Waals surface area contributed by atoms with Crippen LogP contribution in [0.15, 0.2) is 53.4 Å². The lowest BCUT2D eigenvalue weighted by Gasteiger charge is -2.22. The highest BCUT2D eigenvalue weighted by Crippen LogP contribution is 2.40.